The minimum atomic E-state index is 0.0844. The lowest BCUT2D eigenvalue weighted by Crippen LogP contribution is -2.07. The van der Waals surface area contributed by atoms with Crippen molar-refractivity contribution in [1.29, 1.82) is 0 Å². The largest absolute Gasteiger partial charge is 0.493 e. The first kappa shape index (κ1) is 19.7. The Labute approximate surface area is 155 Å². The summed E-state index contributed by atoms with van der Waals surface area (Å²) in [6, 6.07) is 14.7. The second-order valence-corrected chi connectivity index (χ2v) is 5.95. The molecule has 0 aliphatic carbocycles. The normalized spacial score (nSPS) is 10.4. The van der Waals surface area contributed by atoms with E-state index in [2.05, 4.69) is 0 Å². The van der Waals surface area contributed by atoms with Gasteiger partial charge in [-0.3, -0.25) is 9.59 Å². The van der Waals surface area contributed by atoms with Crippen LogP contribution in [0.4, 0.5) is 0 Å². The molecule has 0 unspecified atom stereocenters. The summed E-state index contributed by atoms with van der Waals surface area (Å²) in [4.78, 5) is 23.8. The van der Waals surface area contributed by atoms with Crippen molar-refractivity contribution < 1.29 is 19.1 Å². The summed E-state index contributed by atoms with van der Waals surface area (Å²) >= 11 is 0. The molecule has 0 bridgehead atoms. The monoisotopic (exact) mass is 354 g/mol. The molecule has 0 aromatic heterocycles. The lowest BCUT2D eigenvalue weighted by atomic mass is 10.1. The first-order valence-corrected chi connectivity index (χ1v) is 9.17. The van der Waals surface area contributed by atoms with Crippen LogP contribution in [0.25, 0.3) is 0 Å². The third kappa shape index (κ3) is 5.45. The third-order valence-corrected chi connectivity index (χ3v) is 4.07. The summed E-state index contributed by atoms with van der Waals surface area (Å²) in [6.45, 7) is 4.73. The fourth-order valence-electron chi connectivity index (χ4n) is 2.60. The minimum absolute atomic E-state index is 0.0844. The molecule has 26 heavy (non-hydrogen) atoms. The molecular formula is C22H26O4. The molecule has 0 heterocycles. The van der Waals surface area contributed by atoms with Gasteiger partial charge in [0.05, 0.1) is 24.3 Å². The second kappa shape index (κ2) is 10.4. The molecule has 0 saturated heterocycles. The molecule has 4 heteroatoms. The average molecular weight is 354 g/mol. The molecule has 0 amide bonds. The number of ketones is 2. The molecule has 0 spiro atoms. The molecule has 0 aliphatic heterocycles. The third-order valence-electron chi connectivity index (χ3n) is 4.07. The van der Waals surface area contributed by atoms with Crippen LogP contribution in [0.2, 0.25) is 0 Å². The minimum Gasteiger partial charge on any atom is -0.493 e. The predicted octanol–water partition coefficient (Wildman–Crippen LogP) is 5.11. The highest BCUT2D eigenvalue weighted by Gasteiger charge is 2.11. The van der Waals surface area contributed by atoms with E-state index in [9.17, 15) is 9.59 Å². The van der Waals surface area contributed by atoms with E-state index in [1.165, 1.54) is 0 Å². The van der Waals surface area contributed by atoms with Crippen molar-refractivity contribution >= 4 is 11.6 Å². The predicted molar refractivity (Wildman–Crippen MR) is 102 cm³/mol. The van der Waals surface area contributed by atoms with Gasteiger partial charge >= 0.3 is 0 Å². The molecule has 0 atom stereocenters. The van der Waals surface area contributed by atoms with Gasteiger partial charge < -0.3 is 9.47 Å². The fraction of sp³-hybridized carbons (Fsp3) is 0.364. The zero-order valence-corrected chi connectivity index (χ0v) is 15.5. The Balaban J connectivity index is 1.77. The number of ether oxygens (including phenoxy) is 2. The van der Waals surface area contributed by atoms with Crippen molar-refractivity contribution in [3.8, 4) is 11.5 Å². The molecule has 2 aromatic carbocycles. The van der Waals surface area contributed by atoms with Gasteiger partial charge in [-0.15, -0.1) is 0 Å². The SMILES string of the molecule is CCC(=O)c1ccccc1OCCCCOc1ccccc1C(=O)CC. The zero-order chi connectivity index (χ0) is 18.8. The van der Waals surface area contributed by atoms with Crippen LogP contribution in [-0.2, 0) is 0 Å². The number of para-hydroxylation sites is 2. The van der Waals surface area contributed by atoms with Crippen LogP contribution in [0.15, 0.2) is 48.5 Å². The molecule has 2 rings (SSSR count). The number of hydrogen-bond acceptors (Lipinski definition) is 4. The van der Waals surface area contributed by atoms with Gasteiger partial charge in [-0.25, -0.2) is 0 Å². The van der Waals surface area contributed by atoms with Crippen molar-refractivity contribution in [3.05, 3.63) is 59.7 Å². The Hall–Kier alpha value is -2.62. The molecule has 0 saturated carbocycles. The van der Waals surface area contributed by atoms with E-state index in [4.69, 9.17) is 9.47 Å². The van der Waals surface area contributed by atoms with E-state index in [1.54, 1.807) is 12.1 Å². The van der Waals surface area contributed by atoms with Crippen LogP contribution < -0.4 is 9.47 Å². The van der Waals surface area contributed by atoms with Crippen molar-refractivity contribution in [2.45, 2.75) is 39.5 Å². The highest BCUT2D eigenvalue weighted by molar-refractivity contribution is 5.98. The van der Waals surface area contributed by atoms with Gasteiger partial charge in [0.2, 0.25) is 0 Å². The van der Waals surface area contributed by atoms with E-state index >= 15 is 0 Å². The van der Waals surface area contributed by atoms with Gasteiger partial charge in [-0.1, -0.05) is 38.1 Å². The van der Waals surface area contributed by atoms with Crippen LogP contribution in [0, 0.1) is 0 Å². The van der Waals surface area contributed by atoms with Gasteiger partial charge in [0.15, 0.2) is 11.6 Å². The number of carbonyl (C=O) groups excluding carboxylic acids is 2. The maximum absolute atomic E-state index is 11.9. The highest BCUT2D eigenvalue weighted by Crippen LogP contribution is 2.21. The van der Waals surface area contributed by atoms with Crippen molar-refractivity contribution in [2.75, 3.05) is 13.2 Å². The molecule has 0 radical (unpaired) electrons. The summed E-state index contributed by atoms with van der Waals surface area (Å²) in [5.74, 6) is 1.44. The van der Waals surface area contributed by atoms with Crippen molar-refractivity contribution in [3.63, 3.8) is 0 Å². The second-order valence-electron chi connectivity index (χ2n) is 5.95. The topological polar surface area (TPSA) is 52.6 Å². The lowest BCUT2D eigenvalue weighted by Gasteiger charge is -2.12. The summed E-state index contributed by atoms with van der Waals surface area (Å²) < 4.78 is 11.5. The summed E-state index contributed by atoms with van der Waals surface area (Å²) in [5.41, 5.74) is 1.27. The number of carbonyl (C=O) groups is 2. The van der Waals surface area contributed by atoms with Crippen LogP contribution in [0.3, 0.4) is 0 Å². The highest BCUT2D eigenvalue weighted by atomic mass is 16.5. The average Bonchev–Trinajstić information content (AvgIpc) is 2.70. The standard InChI is InChI=1S/C22H26O4/c1-3-19(23)17-11-5-7-13-21(17)25-15-9-10-16-26-22-14-8-6-12-18(22)20(24)4-2/h5-8,11-14H,3-4,9-10,15-16H2,1-2H3. The molecule has 0 fully saturated rings. The summed E-state index contributed by atoms with van der Waals surface area (Å²) in [5, 5.41) is 0. The number of rotatable bonds is 11. The lowest BCUT2D eigenvalue weighted by molar-refractivity contribution is 0.0975. The van der Waals surface area contributed by atoms with Gasteiger partial charge in [0, 0.05) is 12.8 Å². The van der Waals surface area contributed by atoms with Crippen LogP contribution in [0.5, 0.6) is 11.5 Å². The molecular weight excluding hydrogens is 328 g/mol. The molecule has 138 valence electrons. The first-order chi connectivity index (χ1) is 12.7. The Morgan fingerprint density at radius 2 is 1.08 bits per heavy atom. The van der Waals surface area contributed by atoms with E-state index in [0.717, 1.165) is 12.8 Å². The van der Waals surface area contributed by atoms with Gasteiger partial charge in [-0.05, 0) is 37.1 Å². The van der Waals surface area contributed by atoms with Crippen LogP contribution in [-0.4, -0.2) is 24.8 Å². The molecule has 2 aromatic rings. The Morgan fingerprint density at radius 3 is 1.46 bits per heavy atom. The van der Waals surface area contributed by atoms with Gasteiger partial charge in [0.1, 0.15) is 11.5 Å². The molecule has 4 nitrogen and oxygen atoms in total. The van der Waals surface area contributed by atoms with E-state index in [0.29, 0.717) is 48.7 Å². The number of Topliss-reactive ketones (excluding diaryl/α,β-unsaturated/α-hetero) is 2. The number of unbranched alkanes of at least 4 members (excludes halogenated alkanes) is 1. The number of benzene rings is 2. The summed E-state index contributed by atoms with van der Waals surface area (Å²) in [6.07, 6.45) is 2.53. The van der Waals surface area contributed by atoms with Crippen molar-refractivity contribution in [1.82, 2.24) is 0 Å². The summed E-state index contributed by atoms with van der Waals surface area (Å²) in [7, 11) is 0. The maximum atomic E-state index is 11.9. The first-order valence-electron chi connectivity index (χ1n) is 9.17. The van der Waals surface area contributed by atoms with Crippen molar-refractivity contribution in [2.24, 2.45) is 0 Å². The molecule has 0 N–H and O–H groups in total. The number of hydrogen-bond donors (Lipinski definition) is 0. The van der Waals surface area contributed by atoms with Gasteiger partial charge in [-0.2, -0.15) is 0 Å². The zero-order valence-electron chi connectivity index (χ0n) is 15.5. The fourth-order valence-corrected chi connectivity index (χ4v) is 2.60. The van der Waals surface area contributed by atoms with E-state index in [-0.39, 0.29) is 11.6 Å². The van der Waals surface area contributed by atoms with Crippen LogP contribution >= 0.6 is 0 Å². The maximum Gasteiger partial charge on any atom is 0.166 e. The van der Waals surface area contributed by atoms with Crippen LogP contribution in [0.1, 0.15) is 60.2 Å². The van der Waals surface area contributed by atoms with Gasteiger partial charge in [0.25, 0.3) is 0 Å². The molecule has 0 aliphatic rings. The Kier molecular flexibility index (Phi) is 7.87. The Bertz CT molecular complexity index is 673. The van der Waals surface area contributed by atoms with E-state index < -0.39 is 0 Å². The smallest absolute Gasteiger partial charge is 0.166 e. The Morgan fingerprint density at radius 1 is 0.692 bits per heavy atom. The quantitative estimate of drug-likeness (QED) is 0.416. The van der Waals surface area contributed by atoms with E-state index in [1.807, 2.05) is 50.2 Å².